The van der Waals surface area contributed by atoms with Crippen molar-refractivity contribution in [2.75, 3.05) is 13.7 Å². The van der Waals surface area contributed by atoms with Crippen LogP contribution in [0.15, 0.2) is 12.1 Å². The van der Waals surface area contributed by atoms with Crippen molar-refractivity contribution in [2.45, 2.75) is 46.1 Å². The van der Waals surface area contributed by atoms with Gasteiger partial charge in [-0.3, -0.25) is 0 Å². The maximum absolute atomic E-state index is 5.70. The van der Waals surface area contributed by atoms with Crippen LogP contribution in [0.3, 0.4) is 0 Å². The van der Waals surface area contributed by atoms with Crippen LogP contribution in [0.25, 0.3) is 0 Å². The summed E-state index contributed by atoms with van der Waals surface area (Å²) < 4.78 is 5.70. The van der Waals surface area contributed by atoms with Crippen molar-refractivity contribution in [3.05, 3.63) is 28.8 Å². The Labute approximate surface area is 111 Å². The minimum absolute atomic E-state index is 0.0871. The molecule has 0 radical (unpaired) electrons. The van der Waals surface area contributed by atoms with Gasteiger partial charge < -0.3 is 10.1 Å². The Morgan fingerprint density at radius 1 is 1.28 bits per heavy atom. The van der Waals surface area contributed by atoms with E-state index in [0.717, 1.165) is 12.3 Å². The summed E-state index contributed by atoms with van der Waals surface area (Å²) in [6.45, 7) is 10.0. The van der Waals surface area contributed by atoms with Crippen LogP contribution in [0.4, 0.5) is 0 Å². The molecule has 1 unspecified atom stereocenters. The highest BCUT2D eigenvalue weighted by atomic mass is 16.5. The molecule has 1 fully saturated rings. The molecule has 1 aliphatic heterocycles. The third kappa shape index (κ3) is 1.93. The number of hydrogen-bond acceptors (Lipinski definition) is 2. The van der Waals surface area contributed by atoms with E-state index in [9.17, 15) is 0 Å². The lowest BCUT2D eigenvalue weighted by Crippen LogP contribution is -2.42. The van der Waals surface area contributed by atoms with E-state index in [1.165, 1.54) is 29.5 Å². The molecule has 0 amide bonds. The van der Waals surface area contributed by atoms with Gasteiger partial charge in [-0.2, -0.15) is 0 Å². The Morgan fingerprint density at radius 3 is 2.50 bits per heavy atom. The number of benzene rings is 1. The number of rotatable bonds is 3. The summed E-state index contributed by atoms with van der Waals surface area (Å²) in [6, 6.07) is 4.47. The van der Waals surface area contributed by atoms with Gasteiger partial charge in [0, 0.05) is 11.1 Å². The van der Waals surface area contributed by atoms with Gasteiger partial charge in [-0.1, -0.05) is 26.0 Å². The minimum Gasteiger partial charge on any atom is -0.496 e. The lowest BCUT2D eigenvalue weighted by molar-refractivity contribution is 0.264. The van der Waals surface area contributed by atoms with Crippen LogP contribution in [0.2, 0.25) is 0 Å². The molecule has 2 heteroatoms. The molecule has 1 aromatic rings. The molecular weight excluding hydrogens is 222 g/mol. The van der Waals surface area contributed by atoms with Gasteiger partial charge in [0.25, 0.3) is 0 Å². The predicted octanol–water partition coefficient (Wildman–Crippen LogP) is 3.55. The Kier molecular flexibility index (Phi) is 3.67. The first-order valence-electron chi connectivity index (χ1n) is 6.92. The van der Waals surface area contributed by atoms with E-state index in [4.69, 9.17) is 4.74 Å². The van der Waals surface area contributed by atoms with Gasteiger partial charge in [-0.15, -0.1) is 0 Å². The summed E-state index contributed by atoms with van der Waals surface area (Å²) in [5.74, 6) is 1.63. The van der Waals surface area contributed by atoms with E-state index in [1.54, 1.807) is 7.11 Å². The average Bonchev–Trinajstić information content (AvgIpc) is 2.82. The van der Waals surface area contributed by atoms with Gasteiger partial charge in [0.1, 0.15) is 5.75 Å². The van der Waals surface area contributed by atoms with Crippen LogP contribution in [0, 0.1) is 19.8 Å². The van der Waals surface area contributed by atoms with Crippen molar-refractivity contribution in [3.8, 4) is 5.75 Å². The fourth-order valence-electron chi connectivity index (χ4n) is 3.21. The maximum Gasteiger partial charge on any atom is 0.127 e. The van der Waals surface area contributed by atoms with Gasteiger partial charge in [0.2, 0.25) is 0 Å². The zero-order valence-electron chi connectivity index (χ0n) is 12.3. The highest BCUT2D eigenvalue weighted by Crippen LogP contribution is 2.43. The Balaban J connectivity index is 2.59. The fourth-order valence-corrected chi connectivity index (χ4v) is 3.21. The van der Waals surface area contributed by atoms with Gasteiger partial charge in [-0.05, 0) is 50.3 Å². The molecule has 0 spiro atoms. The second kappa shape index (κ2) is 4.93. The quantitative estimate of drug-likeness (QED) is 0.882. The third-order valence-electron chi connectivity index (χ3n) is 4.54. The molecule has 1 saturated heterocycles. The molecule has 1 aliphatic rings. The molecule has 1 aromatic carbocycles. The van der Waals surface area contributed by atoms with Crippen LogP contribution in [0.5, 0.6) is 5.75 Å². The monoisotopic (exact) mass is 247 g/mol. The molecule has 2 rings (SSSR count). The van der Waals surface area contributed by atoms with Crippen LogP contribution in [0.1, 0.15) is 43.4 Å². The van der Waals surface area contributed by atoms with E-state index in [2.05, 4.69) is 45.1 Å². The first-order valence-corrected chi connectivity index (χ1v) is 6.92. The first kappa shape index (κ1) is 13.4. The van der Waals surface area contributed by atoms with Crippen molar-refractivity contribution in [2.24, 2.45) is 5.92 Å². The predicted molar refractivity (Wildman–Crippen MR) is 76.2 cm³/mol. The zero-order valence-corrected chi connectivity index (χ0v) is 12.3. The Bertz CT molecular complexity index is 431. The zero-order chi connectivity index (χ0) is 13.3. The Morgan fingerprint density at radius 2 is 2.00 bits per heavy atom. The summed E-state index contributed by atoms with van der Waals surface area (Å²) in [4.78, 5) is 0. The molecule has 0 bridgehead atoms. The number of nitrogens with one attached hydrogen (secondary N) is 1. The van der Waals surface area contributed by atoms with Crippen molar-refractivity contribution in [3.63, 3.8) is 0 Å². The summed E-state index contributed by atoms with van der Waals surface area (Å²) in [7, 11) is 1.79. The number of aryl methyl sites for hydroxylation is 1. The van der Waals surface area contributed by atoms with Crippen LogP contribution < -0.4 is 10.1 Å². The van der Waals surface area contributed by atoms with Crippen LogP contribution in [-0.2, 0) is 5.54 Å². The van der Waals surface area contributed by atoms with Crippen LogP contribution >= 0.6 is 0 Å². The van der Waals surface area contributed by atoms with Crippen molar-refractivity contribution in [1.29, 1.82) is 0 Å². The third-order valence-corrected chi connectivity index (χ3v) is 4.54. The fraction of sp³-hybridized carbons (Fsp3) is 0.625. The average molecular weight is 247 g/mol. The van der Waals surface area contributed by atoms with E-state index in [0.29, 0.717) is 5.92 Å². The first-order chi connectivity index (χ1) is 8.53. The molecule has 0 aliphatic carbocycles. The largest absolute Gasteiger partial charge is 0.496 e. The molecule has 1 N–H and O–H groups in total. The molecule has 1 heterocycles. The van der Waals surface area contributed by atoms with Crippen molar-refractivity contribution < 1.29 is 4.74 Å². The summed E-state index contributed by atoms with van der Waals surface area (Å²) >= 11 is 0. The molecule has 0 aromatic heterocycles. The summed E-state index contributed by atoms with van der Waals surface area (Å²) in [5.41, 5.74) is 3.99. The summed E-state index contributed by atoms with van der Waals surface area (Å²) in [5, 5.41) is 3.73. The number of methoxy groups -OCH3 is 1. The van der Waals surface area contributed by atoms with Gasteiger partial charge in [0.15, 0.2) is 0 Å². The van der Waals surface area contributed by atoms with Crippen LogP contribution in [-0.4, -0.2) is 13.7 Å². The van der Waals surface area contributed by atoms with Gasteiger partial charge >= 0.3 is 0 Å². The number of ether oxygens (including phenoxy) is 1. The SMILES string of the molecule is COc1c(C2(C(C)C)CCCN2)ccc(C)c1C. The van der Waals surface area contributed by atoms with E-state index in [-0.39, 0.29) is 5.54 Å². The van der Waals surface area contributed by atoms with E-state index >= 15 is 0 Å². The molecule has 2 nitrogen and oxygen atoms in total. The lowest BCUT2D eigenvalue weighted by Gasteiger charge is -2.36. The van der Waals surface area contributed by atoms with Gasteiger partial charge in [0.05, 0.1) is 7.11 Å². The smallest absolute Gasteiger partial charge is 0.127 e. The Hall–Kier alpha value is -1.02. The molecule has 1 atom stereocenters. The molecular formula is C16H25NO. The summed E-state index contributed by atoms with van der Waals surface area (Å²) in [6.07, 6.45) is 2.44. The standard InChI is InChI=1S/C16H25NO/c1-11(2)16(9-6-10-17-16)14-8-7-12(3)13(4)15(14)18-5/h7-8,11,17H,6,9-10H2,1-5H3. The molecule has 0 saturated carbocycles. The highest BCUT2D eigenvalue weighted by Gasteiger charge is 2.40. The lowest BCUT2D eigenvalue weighted by atomic mass is 9.77. The maximum atomic E-state index is 5.70. The van der Waals surface area contributed by atoms with Crippen molar-refractivity contribution in [1.82, 2.24) is 5.32 Å². The normalized spacial score (nSPS) is 23.7. The van der Waals surface area contributed by atoms with E-state index in [1.807, 2.05) is 0 Å². The second-order valence-corrected chi connectivity index (χ2v) is 5.74. The topological polar surface area (TPSA) is 21.3 Å². The number of hydrogen-bond donors (Lipinski definition) is 1. The second-order valence-electron chi connectivity index (χ2n) is 5.74. The highest BCUT2D eigenvalue weighted by molar-refractivity contribution is 5.49. The molecule has 100 valence electrons. The van der Waals surface area contributed by atoms with Crippen molar-refractivity contribution >= 4 is 0 Å². The van der Waals surface area contributed by atoms with Gasteiger partial charge in [-0.25, -0.2) is 0 Å². The molecule has 18 heavy (non-hydrogen) atoms. The van der Waals surface area contributed by atoms with E-state index < -0.39 is 0 Å². The minimum atomic E-state index is 0.0871.